The minimum Gasteiger partial charge on any atom is -0.350 e. The smallest absolute Gasteiger partial charge is 0.162 e. The molecule has 0 radical (unpaired) electrons. The molecule has 0 aromatic carbocycles. The first kappa shape index (κ1) is 14.7. The average molecular weight is 254 g/mol. The van der Waals surface area contributed by atoms with Crippen LogP contribution in [-0.4, -0.2) is 27.1 Å². The Labute approximate surface area is 107 Å². The van der Waals surface area contributed by atoms with Crippen molar-refractivity contribution < 1.29 is 9.47 Å². The van der Waals surface area contributed by atoms with Crippen molar-refractivity contribution in [2.75, 3.05) is 13.2 Å². The molecule has 1 saturated heterocycles. The summed E-state index contributed by atoms with van der Waals surface area (Å²) < 4.78 is 11.3. The highest BCUT2D eigenvalue weighted by Crippen LogP contribution is 2.24. The highest BCUT2D eigenvalue weighted by molar-refractivity contribution is 6.80. The van der Waals surface area contributed by atoms with E-state index in [1.54, 1.807) is 0 Å². The van der Waals surface area contributed by atoms with Crippen molar-refractivity contribution in [3.8, 4) is 0 Å². The number of rotatable bonds is 3. The third-order valence-corrected chi connectivity index (χ3v) is 3.69. The lowest BCUT2D eigenvalue weighted by Gasteiger charge is -2.34. The molecule has 0 saturated carbocycles. The lowest BCUT2D eigenvalue weighted by Crippen LogP contribution is -2.39. The van der Waals surface area contributed by atoms with Gasteiger partial charge >= 0.3 is 0 Å². The van der Waals surface area contributed by atoms with E-state index in [1.165, 1.54) is 5.57 Å². The second kappa shape index (κ2) is 5.53. The van der Waals surface area contributed by atoms with Crippen molar-refractivity contribution >= 4 is 8.07 Å². The summed E-state index contributed by atoms with van der Waals surface area (Å²) in [6, 6.07) is 0. The largest absolute Gasteiger partial charge is 0.350 e. The van der Waals surface area contributed by atoms with Crippen LogP contribution in [0.15, 0.2) is 17.0 Å². The van der Waals surface area contributed by atoms with Crippen LogP contribution in [-0.2, 0) is 9.47 Å². The van der Waals surface area contributed by atoms with E-state index in [2.05, 4.69) is 38.0 Å². The third kappa shape index (κ3) is 6.23. The first-order chi connectivity index (χ1) is 7.68. The van der Waals surface area contributed by atoms with Crippen LogP contribution < -0.4 is 0 Å². The maximum Gasteiger partial charge on any atom is 0.162 e. The summed E-state index contributed by atoms with van der Waals surface area (Å²) in [5.74, 6) is 0.0769. The zero-order chi connectivity index (χ0) is 13.1. The molecule has 0 aromatic heterocycles. The van der Waals surface area contributed by atoms with E-state index < -0.39 is 13.9 Å². The number of hydrogen-bond donors (Lipinski definition) is 0. The molecule has 1 heterocycles. The van der Waals surface area contributed by atoms with Gasteiger partial charge in [-0.15, -0.1) is 5.73 Å². The molecule has 0 unspecified atom stereocenters. The molecule has 3 heteroatoms. The van der Waals surface area contributed by atoms with Gasteiger partial charge in [0, 0.05) is 5.92 Å². The van der Waals surface area contributed by atoms with Gasteiger partial charge in [-0.25, -0.2) is 0 Å². The second-order valence-corrected chi connectivity index (χ2v) is 11.5. The van der Waals surface area contributed by atoms with Gasteiger partial charge in [-0.3, -0.25) is 0 Å². The van der Waals surface area contributed by atoms with Crippen LogP contribution in [0.25, 0.3) is 0 Å². The molecule has 98 valence electrons. The predicted molar refractivity (Wildman–Crippen MR) is 74.7 cm³/mol. The SMILES string of the molecule is CC(=C=C[Si](C)(C)C)CC1COC(C)(C)OC1. The van der Waals surface area contributed by atoms with Gasteiger partial charge in [0.1, 0.15) is 0 Å². The number of hydrogen-bond acceptors (Lipinski definition) is 2. The molecule has 0 aliphatic carbocycles. The quantitative estimate of drug-likeness (QED) is 0.564. The first-order valence-electron chi connectivity index (χ1n) is 6.39. The van der Waals surface area contributed by atoms with Gasteiger partial charge in [0.25, 0.3) is 0 Å². The van der Waals surface area contributed by atoms with E-state index >= 15 is 0 Å². The molecule has 2 nitrogen and oxygen atoms in total. The molecular weight excluding hydrogens is 228 g/mol. The van der Waals surface area contributed by atoms with Crippen LogP contribution in [0.2, 0.25) is 19.6 Å². The van der Waals surface area contributed by atoms with Crippen LogP contribution >= 0.6 is 0 Å². The third-order valence-electron chi connectivity index (χ3n) is 2.68. The van der Waals surface area contributed by atoms with E-state index in [0.717, 1.165) is 19.6 Å². The van der Waals surface area contributed by atoms with Crippen LogP contribution in [0.1, 0.15) is 27.2 Å². The minimum absolute atomic E-state index is 0.401. The molecule has 17 heavy (non-hydrogen) atoms. The van der Waals surface area contributed by atoms with Crippen molar-refractivity contribution in [1.82, 2.24) is 0 Å². The standard InChI is InChI=1S/C14H26O2Si/c1-12(7-8-17(4,5)6)9-13-10-15-14(2,3)16-11-13/h8,13H,9-11H2,1-6H3. The molecule has 0 atom stereocenters. The Hall–Kier alpha value is -0.343. The minimum atomic E-state index is -1.13. The van der Waals surface area contributed by atoms with Gasteiger partial charge in [-0.1, -0.05) is 25.3 Å². The molecule has 0 amide bonds. The molecule has 0 spiro atoms. The van der Waals surface area contributed by atoms with E-state index in [-0.39, 0.29) is 0 Å². The van der Waals surface area contributed by atoms with Gasteiger partial charge in [0.05, 0.1) is 21.3 Å². The lowest BCUT2D eigenvalue weighted by molar-refractivity contribution is -0.261. The predicted octanol–water partition coefficient (Wildman–Crippen LogP) is 3.75. The Balaban J connectivity index is 2.48. The van der Waals surface area contributed by atoms with Gasteiger partial charge in [-0.2, -0.15) is 0 Å². The lowest BCUT2D eigenvalue weighted by atomic mass is 10.0. The Morgan fingerprint density at radius 3 is 2.29 bits per heavy atom. The molecule has 0 aromatic rings. The van der Waals surface area contributed by atoms with Gasteiger partial charge in [-0.05, 0) is 32.8 Å². The van der Waals surface area contributed by atoms with E-state index in [0.29, 0.717) is 5.92 Å². The molecule has 0 bridgehead atoms. The summed E-state index contributed by atoms with van der Waals surface area (Å²) >= 11 is 0. The van der Waals surface area contributed by atoms with Gasteiger partial charge in [0.15, 0.2) is 5.79 Å². The zero-order valence-electron chi connectivity index (χ0n) is 12.1. The molecular formula is C14H26O2Si. The molecule has 1 rings (SSSR count). The van der Waals surface area contributed by atoms with E-state index in [4.69, 9.17) is 9.47 Å². The van der Waals surface area contributed by atoms with Crippen molar-refractivity contribution in [2.45, 2.75) is 52.6 Å². The van der Waals surface area contributed by atoms with Crippen LogP contribution in [0.4, 0.5) is 0 Å². The Bertz CT molecular complexity index is 310. The Morgan fingerprint density at radius 2 is 1.82 bits per heavy atom. The van der Waals surface area contributed by atoms with Crippen molar-refractivity contribution in [3.05, 3.63) is 17.0 Å². The number of ether oxygens (including phenoxy) is 2. The van der Waals surface area contributed by atoms with Gasteiger partial charge in [0.2, 0.25) is 0 Å². The maximum absolute atomic E-state index is 5.66. The molecule has 0 N–H and O–H groups in total. The summed E-state index contributed by atoms with van der Waals surface area (Å²) in [7, 11) is -1.13. The highest BCUT2D eigenvalue weighted by Gasteiger charge is 2.28. The summed E-state index contributed by atoms with van der Waals surface area (Å²) in [6.07, 6.45) is 1.02. The summed E-state index contributed by atoms with van der Waals surface area (Å²) in [5.41, 5.74) is 7.02. The van der Waals surface area contributed by atoms with Crippen molar-refractivity contribution in [2.24, 2.45) is 5.92 Å². The van der Waals surface area contributed by atoms with Crippen LogP contribution in [0.5, 0.6) is 0 Å². The van der Waals surface area contributed by atoms with E-state index in [1.807, 2.05) is 13.8 Å². The van der Waals surface area contributed by atoms with Crippen LogP contribution in [0.3, 0.4) is 0 Å². The normalized spacial score (nSPS) is 20.8. The number of allylic oxidation sites excluding steroid dienone is 1. The van der Waals surface area contributed by atoms with E-state index in [9.17, 15) is 0 Å². The second-order valence-electron chi connectivity index (χ2n) is 6.53. The summed E-state index contributed by atoms with van der Waals surface area (Å²) in [6.45, 7) is 14.6. The van der Waals surface area contributed by atoms with Crippen molar-refractivity contribution in [3.63, 3.8) is 0 Å². The fourth-order valence-electron chi connectivity index (χ4n) is 1.68. The molecule has 1 aliphatic rings. The summed E-state index contributed by atoms with van der Waals surface area (Å²) in [4.78, 5) is 0. The topological polar surface area (TPSA) is 18.5 Å². The van der Waals surface area contributed by atoms with Gasteiger partial charge < -0.3 is 9.47 Å². The Morgan fingerprint density at radius 1 is 1.29 bits per heavy atom. The maximum atomic E-state index is 5.66. The molecule has 1 aliphatic heterocycles. The van der Waals surface area contributed by atoms with Crippen molar-refractivity contribution in [1.29, 1.82) is 0 Å². The zero-order valence-corrected chi connectivity index (χ0v) is 13.1. The monoisotopic (exact) mass is 254 g/mol. The highest BCUT2D eigenvalue weighted by atomic mass is 28.3. The average Bonchev–Trinajstić information content (AvgIpc) is 2.17. The molecule has 1 fully saturated rings. The Kier molecular flexibility index (Phi) is 4.79. The fourth-order valence-corrected chi connectivity index (χ4v) is 2.36. The first-order valence-corrected chi connectivity index (χ1v) is 9.97. The van der Waals surface area contributed by atoms with Crippen LogP contribution in [0, 0.1) is 5.92 Å². The summed E-state index contributed by atoms with van der Waals surface area (Å²) in [5, 5.41) is 0. The fraction of sp³-hybridized carbons (Fsp3) is 0.786.